The van der Waals surface area contributed by atoms with E-state index in [1.807, 2.05) is 60.7 Å². The van der Waals surface area contributed by atoms with Gasteiger partial charge in [0.25, 0.3) is 0 Å². The first-order chi connectivity index (χ1) is 12.7. The zero-order valence-corrected chi connectivity index (χ0v) is 16.7. The van der Waals surface area contributed by atoms with Gasteiger partial charge in [-0.3, -0.25) is 0 Å². The second kappa shape index (κ2) is 9.42. The molecule has 4 aromatic rings. The lowest BCUT2D eigenvalue weighted by Gasteiger charge is -2.13. The molecule has 0 unspecified atom stereocenters. The number of nitrogens with zero attached hydrogens (tertiary/aromatic N) is 1. The van der Waals surface area contributed by atoms with E-state index in [1.54, 1.807) is 7.11 Å². The van der Waals surface area contributed by atoms with Gasteiger partial charge >= 0.3 is 0 Å². The molecule has 0 aliphatic heterocycles. The molecule has 4 nitrogen and oxygen atoms in total. The third-order valence-corrected chi connectivity index (χ3v) is 4.46. The molecule has 0 spiro atoms. The maximum atomic E-state index is 6.00. The summed E-state index contributed by atoms with van der Waals surface area (Å²) < 4.78 is 5.39. The summed E-state index contributed by atoms with van der Waals surface area (Å²) in [7, 11) is 1.67. The zero-order valence-electron chi connectivity index (χ0n) is 15.1. The Morgan fingerprint density at radius 3 is 2.29 bits per heavy atom. The average Bonchev–Trinajstić information content (AvgIpc) is 2.70. The summed E-state index contributed by atoms with van der Waals surface area (Å²) in [5.74, 6) is 0.797. The standard InChI is InChI=1S/C22H17ClN2O.ClH.H2O/c1-26-18-11-12-20-19(13-18)22(24-17-9-7-16(23)8-10-17)14-21(25-20)15-5-3-2-4-6-15;;/h2-14H,1H3,(H,24,25);1H;1H2. The van der Waals surface area contributed by atoms with E-state index in [0.29, 0.717) is 5.02 Å². The number of fused-ring (bicyclic) bond motifs is 1. The highest BCUT2D eigenvalue weighted by Gasteiger charge is 2.09. The third kappa shape index (κ3) is 4.54. The molecule has 0 fully saturated rings. The Morgan fingerprint density at radius 1 is 0.893 bits per heavy atom. The molecule has 0 aliphatic rings. The normalized spacial score (nSPS) is 9.93. The number of hydrogen-bond acceptors (Lipinski definition) is 3. The number of benzene rings is 3. The van der Waals surface area contributed by atoms with Gasteiger partial charge in [-0.25, -0.2) is 4.98 Å². The Kier molecular flexibility index (Phi) is 7.24. The van der Waals surface area contributed by atoms with Crippen molar-refractivity contribution in [2.24, 2.45) is 0 Å². The van der Waals surface area contributed by atoms with Crippen molar-refractivity contribution >= 4 is 46.3 Å². The van der Waals surface area contributed by atoms with E-state index in [9.17, 15) is 0 Å². The van der Waals surface area contributed by atoms with Gasteiger partial charge in [0.05, 0.1) is 24.0 Å². The fourth-order valence-electron chi connectivity index (χ4n) is 2.88. The largest absolute Gasteiger partial charge is 0.497 e. The van der Waals surface area contributed by atoms with E-state index < -0.39 is 0 Å². The number of aromatic nitrogens is 1. The maximum Gasteiger partial charge on any atom is 0.119 e. The van der Waals surface area contributed by atoms with E-state index in [0.717, 1.165) is 39.3 Å². The predicted octanol–water partition coefficient (Wildman–Crippen LogP) is 5.90. The highest BCUT2D eigenvalue weighted by Crippen LogP contribution is 2.32. The van der Waals surface area contributed by atoms with Gasteiger partial charge in [0, 0.05) is 21.7 Å². The number of anilines is 2. The van der Waals surface area contributed by atoms with Crippen molar-refractivity contribution in [3.8, 4) is 17.0 Å². The minimum atomic E-state index is 0. The first-order valence-corrected chi connectivity index (χ1v) is 8.67. The summed E-state index contributed by atoms with van der Waals surface area (Å²) in [5, 5.41) is 5.19. The highest BCUT2D eigenvalue weighted by molar-refractivity contribution is 6.30. The minimum absolute atomic E-state index is 0. The van der Waals surface area contributed by atoms with Gasteiger partial charge < -0.3 is 15.5 Å². The van der Waals surface area contributed by atoms with Crippen molar-refractivity contribution in [1.82, 2.24) is 4.98 Å². The van der Waals surface area contributed by atoms with Crippen LogP contribution in [0.15, 0.2) is 78.9 Å². The van der Waals surface area contributed by atoms with E-state index in [2.05, 4.69) is 23.5 Å². The maximum absolute atomic E-state index is 6.00. The number of hydrogen-bond donors (Lipinski definition) is 1. The van der Waals surface area contributed by atoms with Crippen molar-refractivity contribution < 1.29 is 10.2 Å². The first kappa shape index (κ1) is 21.5. The lowest BCUT2D eigenvalue weighted by molar-refractivity contribution is 0.415. The summed E-state index contributed by atoms with van der Waals surface area (Å²) >= 11 is 6.00. The molecule has 1 aromatic heterocycles. The molecule has 0 aliphatic carbocycles. The van der Waals surface area contributed by atoms with Crippen LogP contribution >= 0.6 is 24.0 Å². The van der Waals surface area contributed by atoms with Crippen LogP contribution in [0.4, 0.5) is 11.4 Å². The lowest BCUT2D eigenvalue weighted by Crippen LogP contribution is -1.95. The van der Waals surface area contributed by atoms with E-state index in [4.69, 9.17) is 21.3 Å². The Morgan fingerprint density at radius 2 is 1.61 bits per heavy atom. The van der Waals surface area contributed by atoms with Gasteiger partial charge in [-0.1, -0.05) is 41.9 Å². The van der Waals surface area contributed by atoms with Crippen molar-refractivity contribution in [2.75, 3.05) is 12.4 Å². The average molecular weight is 415 g/mol. The van der Waals surface area contributed by atoms with Crippen molar-refractivity contribution in [1.29, 1.82) is 0 Å². The van der Waals surface area contributed by atoms with Crippen LogP contribution in [0.25, 0.3) is 22.2 Å². The van der Waals surface area contributed by atoms with E-state index in [-0.39, 0.29) is 17.9 Å². The van der Waals surface area contributed by atoms with Crippen LogP contribution in [-0.2, 0) is 0 Å². The molecule has 0 amide bonds. The van der Waals surface area contributed by atoms with Crippen LogP contribution in [0.3, 0.4) is 0 Å². The predicted molar refractivity (Wildman–Crippen MR) is 119 cm³/mol. The fraction of sp³-hybridized carbons (Fsp3) is 0.0455. The Balaban J connectivity index is 0.00000140. The molecular weight excluding hydrogens is 395 g/mol. The Hall–Kier alpha value is -2.79. The van der Waals surface area contributed by atoms with Gasteiger partial charge in [-0.15, -0.1) is 12.4 Å². The summed E-state index contributed by atoms with van der Waals surface area (Å²) in [4.78, 5) is 4.82. The minimum Gasteiger partial charge on any atom is -0.497 e. The van der Waals surface area contributed by atoms with Gasteiger partial charge in [0.15, 0.2) is 0 Å². The van der Waals surface area contributed by atoms with Gasteiger partial charge in [0.2, 0.25) is 0 Å². The van der Waals surface area contributed by atoms with Gasteiger partial charge in [-0.05, 0) is 48.5 Å². The molecule has 0 radical (unpaired) electrons. The quantitative estimate of drug-likeness (QED) is 0.451. The molecule has 144 valence electrons. The molecule has 3 N–H and O–H groups in total. The molecule has 4 rings (SSSR count). The number of pyridine rings is 1. The van der Waals surface area contributed by atoms with Crippen molar-refractivity contribution in [3.63, 3.8) is 0 Å². The van der Waals surface area contributed by atoms with Gasteiger partial charge in [-0.2, -0.15) is 0 Å². The fourth-order valence-corrected chi connectivity index (χ4v) is 3.01. The molecule has 28 heavy (non-hydrogen) atoms. The summed E-state index contributed by atoms with van der Waals surface area (Å²) in [6.45, 7) is 0. The molecule has 0 atom stereocenters. The first-order valence-electron chi connectivity index (χ1n) is 8.30. The second-order valence-electron chi connectivity index (χ2n) is 5.94. The second-order valence-corrected chi connectivity index (χ2v) is 6.37. The van der Waals surface area contributed by atoms with E-state index >= 15 is 0 Å². The Labute approximate surface area is 174 Å². The van der Waals surface area contributed by atoms with Crippen LogP contribution in [0.2, 0.25) is 5.02 Å². The monoisotopic (exact) mass is 414 g/mol. The zero-order chi connectivity index (χ0) is 17.9. The van der Waals surface area contributed by atoms with Crippen LogP contribution in [0.1, 0.15) is 0 Å². The molecule has 6 heteroatoms. The SMILES string of the molecule is COc1ccc2nc(-c3ccccc3)cc(Nc3ccc(Cl)cc3)c2c1.Cl.O. The highest BCUT2D eigenvalue weighted by atomic mass is 35.5. The number of nitrogens with one attached hydrogen (secondary N) is 1. The number of rotatable bonds is 4. The van der Waals surface area contributed by atoms with Gasteiger partial charge in [0.1, 0.15) is 5.75 Å². The van der Waals surface area contributed by atoms with Crippen LogP contribution in [0.5, 0.6) is 5.75 Å². The lowest BCUT2D eigenvalue weighted by atomic mass is 10.1. The molecule has 0 saturated heterocycles. The molecule has 3 aromatic carbocycles. The third-order valence-electron chi connectivity index (χ3n) is 4.21. The summed E-state index contributed by atoms with van der Waals surface area (Å²) in [6, 6.07) is 25.8. The topological polar surface area (TPSA) is 65.7 Å². The van der Waals surface area contributed by atoms with Crippen LogP contribution in [-0.4, -0.2) is 17.6 Å². The number of ether oxygens (including phenoxy) is 1. The van der Waals surface area contributed by atoms with Crippen molar-refractivity contribution in [2.45, 2.75) is 0 Å². The molecule has 1 heterocycles. The number of methoxy groups -OCH3 is 1. The van der Waals surface area contributed by atoms with Crippen LogP contribution in [0, 0.1) is 0 Å². The van der Waals surface area contributed by atoms with Crippen LogP contribution < -0.4 is 10.1 Å². The smallest absolute Gasteiger partial charge is 0.119 e. The van der Waals surface area contributed by atoms with E-state index in [1.165, 1.54) is 0 Å². The molecule has 0 bridgehead atoms. The summed E-state index contributed by atoms with van der Waals surface area (Å²) in [5.41, 5.74) is 4.83. The summed E-state index contributed by atoms with van der Waals surface area (Å²) in [6.07, 6.45) is 0. The van der Waals surface area contributed by atoms with Crippen molar-refractivity contribution in [3.05, 3.63) is 83.9 Å². The number of halogens is 2. The molecular formula is C22H20Cl2N2O2. The Bertz CT molecular complexity index is 1060. The molecule has 0 saturated carbocycles.